The highest BCUT2D eigenvalue weighted by Gasteiger charge is 2.42. The quantitative estimate of drug-likeness (QED) is 0.863. The Balaban J connectivity index is 1.99. The van der Waals surface area contributed by atoms with Crippen LogP contribution in [-0.2, 0) is 14.6 Å². The predicted molar refractivity (Wildman–Crippen MR) is 81.6 cm³/mol. The summed E-state index contributed by atoms with van der Waals surface area (Å²) < 4.78 is 29.2. The molecule has 118 valence electrons. The Morgan fingerprint density at radius 2 is 1.65 bits per heavy atom. The number of hydrogen-bond acceptors (Lipinski definition) is 4. The first kappa shape index (κ1) is 16.2. The molecule has 1 N–H and O–H groups in total. The zero-order valence-electron chi connectivity index (χ0n) is 13.0. The minimum Gasteiger partial charge on any atom is -0.381 e. The lowest BCUT2D eigenvalue weighted by Gasteiger charge is -2.39. The summed E-state index contributed by atoms with van der Waals surface area (Å²) in [6.07, 6.45) is 6.25. The van der Waals surface area contributed by atoms with Crippen LogP contribution in [0.15, 0.2) is 0 Å². The average Bonchev–Trinajstić information content (AvgIpc) is 2.35. The molecule has 0 bridgehead atoms. The van der Waals surface area contributed by atoms with Crippen LogP contribution in [0.3, 0.4) is 0 Å². The molecule has 0 aromatic heterocycles. The van der Waals surface area contributed by atoms with Crippen molar-refractivity contribution in [1.29, 1.82) is 0 Å². The standard InChI is InChI=1S/C15H29NO3S/c1-12-8-13(2)10-14(9-12)16-11-15(20(3,17)18)4-6-19-7-5-15/h12-14,16H,4-11H2,1-3H3/t12-,13-/m1/s1. The molecule has 5 heteroatoms. The topological polar surface area (TPSA) is 55.4 Å². The van der Waals surface area contributed by atoms with Gasteiger partial charge in [0.05, 0.1) is 4.75 Å². The van der Waals surface area contributed by atoms with Crippen molar-refractivity contribution in [3.05, 3.63) is 0 Å². The first-order valence-corrected chi connectivity index (χ1v) is 9.72. The molecule has 2 rings (SSSR count). The van der Waals surface area contributed by atoms with Gasteiger partial charge in [-0.15, -0.1) is 0 Å². The monoisotopic (exact) mass is 303 g/mol. The second-order valence-corrected chi connectivity index (χ2v) is 9.47. The number of nitrogens with one attached hydrogen (secondary N) is 1. The first-order valence-electron chi connectivity index (χ1n) is 7.83. The van der Waals surface area contributed by atoms with Gasteiger partial charge in [-0.1, -0.05) is 13.8 Å². The van der Waals surface area contributed by atoms with Crippen molar-refractivity contribution < 1.29 is 13.2 Å². The molecule has 1 saturated heterocycles. The van der Waals surface area contributed by atoms with E-state index in [1.165, 1.54) is 25.5 Å². The number of ether oxygens (including phenoxy) is 1. The number of hydrogen-bond donors (Lipinski definition) is 1. The molecule has 2 fully saturated rings. The fourth-order valence-corrected chi connectivity index (χ4v) is 5.12. The van der Waals surface area contributed by atoms with E-state index in [1.807, 2.05) is 0 Å². The highest BCUT2D eigenvalue weighted by molar-refractivity contribution is 7.92. The number of rotatable bonds is 4. The van der Waals surface area contributed by atoms with E-state index in [4.69, 9.17) is 4.74 Å². The van der Waals surface area contributed by atoms with E-state index in [1.54, 1.807) is 0 Å². The van der Waals surface area contributed by atoms with E-state index in [9.17, 15) is 8.42 Å². The van der Waals surface area contributed by atoms with Crippen LogP contribution in [0.1, 0.15) is 46.0 Å². The SMILES string of the molecule is C[C@H]1CC(NCC2(S(C)(=O)=O)CCOCC2)C[C@H](C)C1. The van der Waals surface area contributed by atoms with Gasteiger partial charge in [-0.25, -0.2) is 8.42 Å². The lowest BCUT2D eigenvalue weighted by atomic mass is 9.80. The second-order valence-electron chi connectivity index (χ2n) is 7.06. The van der Waals surface area contributed by atoms with Gasteiger partial charge in [0.2, 0.25) is 0 Å². The number of sulfone groups is 1. The molecule has 1 saturated carbocycles. The van der Waals surface area contributed by atoms with Crippen LogP contribution in [0.4, 0.5) is 0 Å². The molecular weight excluding hydrogens is 274 g/mol. The predicted octanol–water partition coefficient (Wildman–Crippen LogP) is 1.99. The molecule has 0 aromatic carbocycles. The Bertz CT molecular complexity index is 405. The lowest BCUT2D eigenvalue weighted by Crippen LogP contribution is -2.53. The Hall–Kier alpha value is -0.130. The summed E-state index contributed by atoms with van der Waals surface area (Å²) in [6.45, 7) is 6.30. The molecule has 2 atom stereocenters. The molecule has 2 aliphatic rings. The summed E-state index contributed by atoms with van der Waals surface area (Å²) in [7, 11) is -3.06. The molecule has 0 unspecified atom stereocenters. The molecular formula is C15H29NO3S. The van der Waals surface area contributed by atoms with Crippen LogP contribution in [-0.4, -0.2) is 45.2 Å². The maximum Gasteiger partial charge on any atom is 0.154 e. The molecule has 0 spiro atoms. The van der Waals surface area contributed by atoms with Gasteiger partial charge in [-0.05, 0) is 43.9 Å². The van der Waals surface area contributed by atoms with Crippen molar-refractivity contribution >= 4 is 9.84 Å². The molecule has 0 aromatic rings. The van der Waals surface area contributed by atoms with Crippen LogP contribution >= 0.6 is 0 Å². The van der Waals surface area contributed by atoms with Gasteiger partial charge in [0.1, 0.15) is 0 Å². The fraction of sp³-hybridized carbons (Fsp3) is 1.00. The Labute approximate surface area is 123 Å². The zero-order chi connectivity index (χ0) is 14.8. The third-order valence-electron chi connectivity index (χ3n) is 5.08. The lowest BCUT2D eigenvalue weighted by molar-refractivity contribution is 0.0726. The van der Waals surface area contributed by atoms with Crippen LogP contribution in [0.2, 0.25) is 0 Å². The van der Waals surface area contributed by atoms with Crippen LogP contribution in [0, 0.1) is 11.8 Å². The normalized spacial score (nSPS) is 34.9. The van der Waals surface area contributed by atoms with Crippen molar-refractivity contribution in [1.82, 2.24) is 5.32 Å². The van der Waals surface area contributed by atoms with Gasteiger partial charge >= 0.3 is 0 Å². The molecule has 4 nitrogen and oxygen atoms in total. The first-order chi connectivity index (χ1) is 9.32. The van der Waals surface area contributed by atoms with E-state index in [2.05, 4.69) is 19.2 Å². The van der Waals surface area contributed by atoms with E-state index in [-0.39, 0.29) is 0 Å². The van der Waals surface area contributed by atoms with E-state index >= 15 is 0 Å². The minimum atomic E-state index is -3.06. The Kier molecular flexibility index (Phi) is 5.14. The van der Waals surface area contributed by atoms with Crippen molar-refractivity contribution in [2.45, 2.75) is 56.7 Å². The maximum absolute atomic E-state index is 12.2. The second kappa shape index (κ2) is 6.32. The zero-order valence-corrected chi connectivity index (χ0v) is 13.8. The Morgan fingerprint density at radius 1 is 1.10 bits per heavy atom. The van der Waals surface area contributed by atoms with Crippen molar-refractivity contribution in [3.63, 3.8) is 0 Å². The van der Waals surface area contributed by atoms with Gasteiger partial charge in [-0.3, -0.25) is 0 Å². The smallest absolute Gasteiger partial charge is 0.154 e. The summed E-state index contributed by atoms with van der Waals surface area (Å²) in [5.74, 6) is 1.47. The molecule has 1 aliphatic heterocycles. The summed E-state index contributed by atoms with van der Waals surface area (Å²) >= 11 is 0. The molecule has 0 radical (unpaired) electrons. The van der Waals surface area contributed by atoms with E-state index in [0.29, 0.717) is 38.6 Å². The van der Waals surface area contributed by atoms with Crippen LogP contribution in [0.5, 0.6) is 0 Å². The average molecular weight is 303 g/mol. The van der Waals surface area contributed by atoms with Crippen molar-refractivity contribution in [2.75, 3.05) is 26.0 Å². The Morgan fingerprint density at radius 3 is 2.15 bits per heavy atom. The molecule has 0 amide bonds. The fourth-order valence-electron chi connectivity index (χ4n) is 3.87. The largest absolute Gasteiger partial charge is 0.381 e. The molecule has 20 heavy (non-hydrogen) atoms. The van der Waals surface area contributed by atoms with Gasteiger partial charge < -0.3 is 10.1 Å². The summed E-state index contributed by atoms with van der Waals surface area (Å²) in [5.41, 5.74) is 0. The van der Waals surface area contributed by atoms with Crippen LogP contribution in [0.25, 0.3) is 0 Å². The summed E-state index contributed by atoms with van der Waals surface area (Å²) in [5, 5.41) is 3.56. The maximum atomic E-state index is 12.2. The van der Waals surface area contributed by atoms with Gasteiger partial charge in [0, 0.05) is 32.1 Å². The van der Waals surface area contributed by atoms with Crippen molar-refractivity contribution in [3.8, 4) is 0 Å². The highest BCUT2D eigenvalue weighted by atomic mass is 32.2. The van der Waals surface area contributed by atoms with Gasteiger partial charge in [0.15, 0.2) is 9.84 Å². The third kappa shape index (κ3) is 3.74. The van der Waals surface area contributed by atoms with Gasteiger partial charge in [0.25, 0.3) is 0 Å². The molecule has 1 heterocycles. The van der Waals surface area contributed by atoms with E-state index in [0.717, 1.165) is 11.8 Å². The molecule has 1 aliphatic carbocycles. The van der Waals surface area contributed by atoms with E-state index < -0.39 is 14.6 Å². The highest BCUT2D eigenvalue weighted by Crippen LogP contribution is 2.31. The summed E-state index contributed by atoms with van der Waals surface area (Å²) in [6, 6.07) is 0.468. The third-order valence-corrected chi connectivity index (χ3v) is 7.21. The van der Waals surface area contributed by atoms with Crippen molar-refractivity contribution in [2.24, 2.45) is 11.8 Å². The van der Waals surface area contributed by atoms with Gasteiger partial charge in [-0.2, -0.15) is 0 Å². The summed E-state index contributed by atoms with van der Waals surface area (Å²) in [4.78, 5) is 0. The van der Waals surface area contributed by atoms with Crippen LogP contribution < -0.4 is 5.32 Å². The minimum absolute atomic E-state index is 0.468.